The Bertz CT molecular complexity index is 874. The first kappa shape index (κ1) is 16.8. The first-order chi connectivity index (χ1) is 11.5. The second-order valence-electron chi connectivity index (χ2n) is 5.39. The minimum Gasteiger partial charge on any atom is -0.409 e. The molecular formula is C17H15ClFN3OS. The van der Waals surface area contributed by atoms with E-state index in [1.807, 2.05) is 42.3 Å². The average Bonchev–Trinajstić information content (AvgIpc) is 2.93. The third-order valence-electron chi connectivity index (χ3n) is 3.49. The molecule has 4 nitrogen and oxygen atoms in total. The third kappa shape index (κ3) is 3.72. The maximum atomic E-state index is 13.9. The van der Waals surface area contributed by atoms with E-state index in [1.165, 1.54) is 6.07 Å². The van der Waals surface area contributed by atoms with Gasteiger partial charge in [-0.1, -0.05) is 35.9 Å². The molecule has 0 aliphatic heterocycles. The Kier molecular flexibility index (Phi) is 5.08. The summed E-state index contributed by atoms with van der Waals surface area (Å²) in [4.78, 5) is 2.12. The van der Waals surface area contributed by atoms with Crippen LogP contribution in [0.5, 0.6) is 0 Å². The minimum atomic E-state index is -0.330. The van der Waals surface area contributed by atoms with E-state index in [-0.39, 0.29) is 10.7 Å². The molecule has 0 radical (unpaired) electrons. The lowest BCUT2D eigenvalue weighted by molar-refractivity contribution is 0.238. The smallest absolute Gasteiger partial charge is 0.288 e. The Morgan fingerprint density at radius 1 is 1.21 bits per heavy atom. The highest BCUT2D eigenvalue weighted by molar-refractivity contribution is 7.71. The van der Waals surface area contributed by atoms with Gasteiger partial charge in [0.1, 0.15) is 5.82 Å². The summed E-state index contributed by atoms with van der Waals surface area (Å²) in [7, 11) is 1.83. The largest absolute Gasteiger partial charge is 0.409 e. The van der Waals surface area contributed by atoms with E-state index >= 15 is 0 Å². The molecule has 124 valence electrons. The third-order valence-corrected chi connectivity index (χ3v) is 4.14. The van der Waals surface area contributed by atoms with Crippen LogP contribution in [0.25, 0.3) is 11.5 Å². The van der Waals surface area contributed by atoms with Crippen LogP contribution < -0.4 is 0 Å². The topological polar surface area (TPSA) is 34.2 Å². The molecule has 0 aliphatic carbocycles. The fraction of sp³-hybridized carbons (Fsp3) is 0.176. The van der Waals surface area contributed by atoms with Gasteiger partial charge < -0.3 is 4.42 Å². The lowest BCUT2D eigenvalue weighted by Gasteiger charge is -2.17. The van der Waals surface area contributed by atoms with E-state index in [4.69, 9.17) is 28.2 Å². The minimum absolute atomic E-state index is 0.264. The molecule has 0 spiro atoms. The first-order valence-corrected chi connectivity index (χ1v) is 8.08. The molecule has 0 aliphatic rings. The van der Waals surface area contributed by atoms with E-state index in [0.717, 1.165) is 5.56 Å². The van der Waals surface area contributed by atoms with Gasteiger partial charge in [-0.05, 0) is 43.5 Å². The number of rotatable bonds is 5. The summed E-state index contributed by atoms with van der Waals surface area (Å²) in [6, 6.07) is 14.2. The van der Waals surface area contributed by atoms with Gasteiger partial charge in [0.2, 0.25) is 5.89 Å². The first-order valence-electron chi connectivity index (χ1n) is 7.29. The number of hydrogen-bond acceptors (Lipinski definition) is 4. The van der Waals surface area contributed by atoms with Crippen molar-refractivity contribution in [3.8, 4) is 11.5 Å². The lowest BCUT2D eigenvalue weighted by Crippen LogP contribution is -2.23. The van der Waals surface area contributed by atoms with Crippen LogP contribution in [-0.2, 0) is 13.2 Å². The molecule has 0 N–H and O–H groups in total. The molecule has 0 unspecified atom stereocenters. The van der Waals surface area contributed by atoms with E-state index in [0.29, 0.717) is 29.7 Å². The zero-order valence-corrected chi connectivity index (χ0v) is 14.5. The Morgan fingerprint density at radius 2 is 1.96 bits per heavy atom. The second kappa shape index (κ2) is 7.25. The van der Waals surface area contributed by atoms with Crippen molar-refractivity contribution in [2.24, 2.45) is 0 Å². The van der Waals surface area contributed by atoms with Crippen molar-refractivity contribution in [3.05, 3.63) is 69.8 Å². The van der Waals surface area contributed by atoms with Gasteiger partial charge in [0.15, 0.2) is 0 Å². The Hall–Kier alpha value is -2.02. The molecule has 1 aromatic heterocycles. The van der Waals surface area contributed by atoms with Gasteiger partial charge in [0.05, 0.1) is 6.67 Å². The maximum Gasteiger partial charge on any atom is 0.288 e. The van der Waals surface area contributed by atoms with Crippen molar-refractivity contribution < 1.29 is 8.81 Å². The van der Waals surface area contributed by atoms with Crippen molar-refractivity contribution in [2.75, 3.05) is 7.05 Å². The molecule has 0 saturated carbocycles. The Labute approximate surface area is 149 Å². The van der Waals surface area contributed by atoms with Crippen molar-refractivity contribution in [1.29, 1.82) is 0 Å². The fourth-order valence-corrected chi connectivity index (χ4v) is 2.73. The van der Waals surface area contributed by atoms with Gasteiger partial charge in [-0.2, -0.15) is 0 Å². The monoisotopic (exact) mass is 363 g/mol. The number of halogens is 2. The van der Waals surface area contributed by atoms with Crippen LogP contribution in [0.3, 0.4) is 0 Å². The van der Waals surface area contributed by atoms with Crippen molar-refractivity contribution in [3.63, 3.8) is 0 Å². The summed E-state index contributed by atoms with van der Waals surface area (Å²) in [5.41, 5.74) is 1.29. The molecule has 0 fully saturated rings. The highest BCUT2D eigenvalue weighted by atomic mass is 35.5. The molecule has 3 aromatic rings. The van der Waals surface area contributed by atoms with Gasteiger partial charge in [0, 0.05) is 22.7 Å². The zero-order valence-electron chi connectivity index (χ0n) is 12.9. The van der Waals surface area contributed by atoms with Gasteiger partial charge in [-0.25, -0.2) is 9.07 Å². The predicted molar refractivity (Wildman–Crippen MR) is 93.6 cm³/mol. The molecule has 1 heterocycles. The van der Waals surface area contributed by atoms with E-state index < -0.39 is 0 Å². The number of aromatic nitrogens is 2. The summed E-state index contributed by atoms with van der Waals surface area (Å²) in [5.74, 6) is 0.126. The molecule has 24 heavy (non-hydrogen) atoms. The van der Waals surface area contributed by atoms with Crippen LogP contribution in [0.2, 0.25) is 5.02 Å². The zero-order chi connectivity index (χ0) is 17.1. The van der Waals surface area contributed by atoms with Crippen LogP contribution >= 0.6 is 23.8 Å². The normalized spacial score (nSPS) is 11.2. The molecule has 0 atom stereocenters. The number of hydrogen-bond donors (Lipinski definition) is 0. The predicted octanol–water partition coefficient (Wildman–Crippen LogP) is 4.75. The van der Waals surface area contributed by atoms with Crippen LogP contribution in [0.15, 0.2) is 52.9 Å². The summed E-state index contributed by atoms with van der Waals surface area (Å²) in [6.45, 7) is 0.695. The van der Waals surface area contributed by atoms with Crippen molar-refractivity contribution in [1.82, 2.24) is 14.7 Å². The van der Waals surface area contributed by atoms with Gasteiger partial charge >= 0.3 is 0 Å². The molecule has 0 amide bonds. The van der Waals surface area contributed by atoms with Crippen molar-refractivity contribution >= 4 is 23.8 Å². The maximum absolute atomic E-state index is 13.9. The fourth-order valence-electron chi connectivity index (χ4n) is 2.32. The van der Waals surface area contributed by atoms with Crippen LogP contribution in [0.4, 0.5) is 4.39 Å². The highest BCUT2D eigenvalue weighted by Gasteiger charge is 2.13. The van der Waals surface area contributed by atoms with Crippen LogP contribution in [0.1, 0.15) is 5.56 Å². The Balaban J connectivity index is 1.77. The SMILES string of the molecule is CN(Cc1c(F)cccc1Cl)Cn1nc(-c2ccccc2)oc1=S. The van der Waals surface area contributed by atoms with Crippen LogP contribution in [0, 0.1) is 10.7 Å². The van der Waals surface area contributed by atoms with Gasteiger partial charge in [-0.3, -0.25) is 4.90 Å². The van der Waals surface area contributed by atoms with E-state index in [1.54, 1.807) is 16.8 Å². The molecule has 3 rings (SSSR count). The quantitative estimate of drug-likeness (QED) is 0.612. The second-order valence-corrected chi connectivity index (χ2v) is 6.15. The molecule has 0 bridgehead atoms. The molecule has 0 saturated heterocycles. The summed E-state index contributed by atoms with van der Waals surface area (Å²) < 4.78 is 21.0. The highest BCUT2D eigenvalue weighted by Crippen LogP contribution is 2.21. The van der Waals surface area contributed by atoms with Crippen molar-refractivity contribution in [2.45, 2.75) is 13.2 Å². The standard InChI is InChI=1S/C17H15ClFN3OS/c1-21(10-13-14(18)8-5-9-15(13)19)11-22-17(24)23-16(20-22)12-6-3-2-4-7-12/h2-9H,10-11H2,1H3. The molecule has 7 heteroatoms. The summed E-state index contributed by atoms with van der Waals surface area (Å²) >= 11 is 11.3. The van der Waals surface area contributed by atoms with Crippen LogP contribution in [-0.4, -0.2) is 21.7 Å². The molecular weight excluding hydrogens is 349 g/mol. The summed E-state index contributed by atoms with van der Waals surface area (Å²) in [5, 5.41) is 4.78. The number of nitrogens with zero attached hydrogens (tertiary/aromatic N) is 3. The summed E-state index contributed by atoms with van der Waals surface area (Å²) in [6.07, 6.45) is 0. The van der Waals surface area contributed by atoms with E-state index in [2.05, 4.69) is 5.10 Å². The lowest BCUT2D eigenvalue weighted by atomic mass is 10.2. The van der Waals surface area contributed by atoms with Gasteiger partial charge in [-0.15, -0.1) is 5.10 Å². The molecule has 2 aromatic carbocycles. The van der Waals surface area contributed by atoms with E-state index in [9.17, 15) is 4.39 Å². The van der Waals surface area contributed by atoms with Gasteiger partial charge in [0.25, 0.3) is 4.84 Å². The number of benzene rings is 2. The average molecular weight is 364 g/mol. The Morgan fingerprint density at radius 3 is 2.67 bits per heavy atom.